The van der Waals surface area contributed by atoms with E-state index in [-0.39, 0.29) is 18.2 Å². The summed E-state index contributed by atoms with van der Waals surface area (Å²) in [5.74, 6) is 0.555. The number of aryl methyl sites for hydroxylation is 1. The van der Waals surface area contributed by atoms with Crippen LogP contribution in [0, 0.1) is 6.92 Å². The molecule has 0 aliphatic carbocycles. The van der Waals surface area contributed by atoms with Crippen LogP contribution in [0.2, 0.25) is 0 Å². The van der Waals surface area contributed by atoms with Crippen molar-refractivity contribution in [1.29, 1.82) is 0 Å². The van der Waals surface area contributed by atoms with Gasteiger partial charge in [0.05, 0.1) is 13.5 Å². The van der Waals surface area contributed by atoms with Crippen LogP contribution in [-0.4, -0.2) is 36.4 Å². The Hall–Kier alpha value is -3.60. The molecule has 0 aliphatic rings. The van der Waals surface area contributed by atoms with E-state index in [1.807, 2.05) is 85.8 Å². The van der Waals surface area contributed by atoms with Crippen molar-refractivity contribution in [2.45, 2.75) is 52.1 Å². The predicted octanol–water partition coefficient (Wildman–Crippen LogP) is 5.10. The molecule has 35 heavy (non-hydrogen) atoms. The number of amides is 2. The molecule has 0 radical (unpaired) electrons. The molecule has 0 saturated carbocycles. The van der Waals surface area contributed by atoms with Crippen LogP contribution in [0.25, 0.3) is 0 Å². The fourth-order valence-corrected chi connectivity index (χ4v) is 4.05. The van der Waals surface area contributed by atoms with E-state index in [1.54, 1.807) is 12.0 Å². The Morgan fingerprint density at radius 2 is 1.60 bits per heavy atom. The molecule has 0 aliphatic heterocycles. The minimum Gasteiger partial charge on any atom is -0.497 e. The first-order valence-electron chi connectivity index (χ1n) is 12.3. The molecule has 1 N–H and O–H groups in total. The van der Waals surface area contributed by atoms with Gasteiger partial charge in [0.15, 0.2) is 0 Å². The maximum Gasteiger partial charge on any atom is 0.243 e. The molecule has 1 unspecified atom stereocenters. The summed E-state index contributed by atoms with van der Waals surface area (Å²) in [6, 6.07) is 24.8. The lowest BCUT2D eigenvalue weighted by Crippen LogP contribution is -2.51. The van der Waals surface area contributed by atoms with Gasteiger partial charge in [-0.15, -0.1) is 0 Å². The second-order valence-corrected chi connectivity index (χ2v) is 8.82. The van der Waals surface area contributed by atoms with E-state index in [9.17, 15) is 9.59 Å². The smallest absolute Gasteiger partial charge is 0.243 e. The van der Waals surface area contributed by atoms with Gasteiger partial charge in [0.25, 0.3) is 0 Å². The van der Waals surface area contributed by atoms with Crippen LogP contribution in [0.5, 0.6) is 5.75 Å². The maximum atomic E-state index is 13.8. The van der Waals surface area contributed by atoms with Crippen molar-refractivity contribution in [2.75, 3.05) is 13.7 Å². The molecule has 0 bridgehead atoms. The molecular weight excluding hydrogens is 436 g/mol. The summed E-state index contributed by atoms with van der Waals surface area (Å²) in [7, 11) is 1.62. The van der Waals surface area contributed by atoms with Crippen molar-refractivity contribution in [3.05, 3.63) is 101 Å². The Morgan fingerprint density at radius 1 is 0.914 bits per heavy atom. The zero-order valence-electron chi connectivity index (χ0n) is 21.0. The summed E-state index contributed by atoms with van der Waals surface area (Å²) < 4.78 is 5.25. The summed E-state index contributed by atoms with van der Waals surface area (Å²) in [5.41, 5.74) is 4.04. The lowest BCUT2D eigenvalue weighted by molar-refractivity contribution is -0.140. The zero-order valence-corrected chi connectivity index (χ0v) is 21.0. The largest absolute Gasteiger partial charge is 0.497 e. The van der Waals surface area contributed by atoms with Gasteiger partial charge in [0.2, 0.25) is 11.8 Å². The van der Waals surface area contributed by atoms with Crippen molar-refractivity contribution in [3.8, 4) is 5.75 Å². The Balaban J connectivity index is 1.93. The molecule has 0 saturated heterocycles. The molecule has 184 valence electrons. The van der Waals surface area contributed by atoms with Crippen LogP contribution in [-0.2, 0) is 29.0 Å². The summed E-state index contributed by atoms with van der Waals surface area (Å²) >= 11 is 0. The monoisotopic (exact) mass is 472 g/mol. The molecule has 5 nitrogen and oxygen atoms in total. The highest BCUT2D eigenvalue weighted by Crippen LogP contribution is 2.19. The molecule has 0 fully saturated rings. The van der Waals surface area contributed by atoms with E-state index in [0.29, 0.717) is 19.5 Å². The minimum atomic E-state index is -0.611. The number of carbonyl (C=O) groups is 2. The number of hydrogen-bond donors (Lipinski definition) is 1. The normalized spacial score (nSPS) is 11.5. The van der Waals surface area contributed by atoms with E-state index < -0.39 is 6.04 Å². The first-order valence-corrected chi connectivity index (χ1v) is 12.3. The van der Waals surface area contributed by atoms with E-state index in [1.165, 1.54) is 0 Å². The Labute approximate surface area is 209 Å². The molecule has 0 aromatic heterocycles. The van der Waals surface area contributed by atoms with Crippen LogP contribution in [0.3, 0.4) is 0 Å². The number of methoxy groups -OCH3 is 1. The van der Waals surface area contributed by atoms with Crippen LogP contribution < -0.4 is 10.1 Å². The molecule has 3 aromatic carbocycles. The highest BCUT2D eigenvalue weighted by atomic mass is 16.5. The third-order valence-electron chi connectivity index (χ3n) is 6.22. The first-order chi connectivity index (χ1) is 17.0. The maximum absolute atomic E-state index is 13.8. The summed E-state index contributed by atoms with van der Waals surface area (Å²) in [4.78, 5) is 29.0. The fourth-order valence-electron chi connectivity index (χ4n) is 4.05. The minimum absolute atomic E-state index is 0.0787. The van der Waals surface area contributed by atoms with Gasteiger partial charge in [0.1, 0.15) is 11.8 Å². The van der Waals surface area contributed by atoms with Gasteiger partial charge in [-0.05, 0) is 47.7 Å². The van der Waals surface area contributed by atoms with Gasteiger partial charge in [0, 0.05) is 19.5 Å². The fraction of sp³-hybridized carbons (Fsp3) is 0.333. The number of rotatable bonds is 12. The summed E-state index contributed by atoms with van der Waals surface area (Å²) in [6.45, 7) is 5.11. The molecular formula is C30H36N2O3. The second-order valence-electron chi connectivity index (χ2n) is 8.82. The van der Waals surface area contributed by atoms with Gasteiger partial charge in [-0.3, -0.25) is 9.59 Å². The molecule has 3 rings (SSSR count). The third-order valence-corrected chi connectivity index (χ3v) is 6.22. The lowest BCUT2D eigenvalue weighted by atomic mass is 10.0. The van der Waals surface area contributed by atoms with Crippen molar-refractivity contribution >= 4 is 11.8 Å². The number of hydrogen-bond acceptors (Lipinski definition) is 3. The van der Waals surface area contributed by atoms with Gasteiger partial charge < -0.3 is 15.0 Å². The number of nitrogens with one attached hydrogen (secondary N) is 1. The van der Waals surface area contributed by atoms with Crippen LogP contribution >= 0.6 is 0 Å². The summed E-state index contributed by atoms with van der Waals surface area (Å²) in [5, 5.41) is 3.07. The second kappa shape index (κ2) is 13.3. The van der Waals surface area contributed by atoms with Crippen molar-refractivity contribution in [2.24, 2.45) is 0 Å². The number of benzene rings is 3. The SMILES string of the molecule is CCCCNC(=O)C(Cc1ccccc1)N(Cc1ccccc1C)C(=O)Cc1ccc(OC)cc1. The van der Waals surface area contributed by atoms with Crippen molar-refractivity contribution in [1.82, 2.24) is 10.2 Å². The molecule has 0 spiro atoms. The van der Waals surface area contributed by atoms with Crippen molar-refractivity contribution < 1.29 is 14.3 Å². The van der Waals surface area contributed by atoms with Crippen LogP contribution in [0.1, 0.15) is 42.0 Å². The molecule has 3 aromatic rings. The van der Waals surface area contributed by atoms with Gasteiger partial charge in [-0.25, -0.2) is 0 Å². The average molecular weight is 473 g/mol. The van der Waals surface area contributed by atoms with Crippen LogP contribution in [0.15, 0.2) is 78.9 Å². The van der Waals surface area contributed by atoms with Gasteiger partial charge in [-0.2, -0.15) is 0 Å². The van der Waals surface area contributed by atoms with E-state index in [2.05, 4.69) is 12.2 Å². The molecule has 2 amide bonds. The zero-order chi connectivity index (χ0) is 25.0. The van der Waals surface area contributed by atoms with E-state index in [0.717, 1.165) is 40.8 Å². The summed E-state index contributed by atoms with van der Waals surface area (Å²) in [6.07, 6.45) is 2.57. The van der Waals surface area contributed by atoms with Gasteiger partial charge >= 0.3 is 0 Å². The Bertz CT molecular complexity index is 1080. The number of unbranched alkanes of at least 4 members (excludes halogenated alkanes) is 1. The quantitative estimate of drug-likeness (QED) is 0.373. The topological polar surface area (TPSA) is 58.6 Å². The number of carbonyl (C=O) groups excluding carboxylic acids is 2. The number of nitrogens with zero attached hydrogens (tertiary/aromatic N) is 1. The molecule has 1 atom stereocenters. The first kappa shape index (κ1) is 26.0. The Kier molecular flexibility index (Phi) is 9.91. The van der Waals surface area contributed by atoms with Crippen molar-refractivity contribution in [3.63, 3.8) is 0 Å². The Morgan fingerprint density at radius 3 is 2.26 bits per heavy atom. The lowest BCUT2D eigenvalue weighted by Gasteiger charge is -2.32. The standard InChI is InChI=1S/C30H36N2O3/c1-4-5-19-31-30(34)28(20-24-12-7-6-8-13-24)32(22-26-14-10-9-11-23(26)2)29(33)21-25-15-17-27(35-3)18-16-25/h6-18,28H,4-5,19-22H2,1-3H3,(H,31,34). The highest BCUT2D eigenvalue weighted by molar-refractivity contribution is 5.88. The molecule has 5 heteroatoms. The molecule has 0 heterocycles. The third kappa shape index (κ3) is 7.71. The average Bonchev–Trinajstić information content (AvgIpc) is 2.88. The predicted molar refractivity (Wildman–Crippen MR) is 140 cm³/mol. The van der Waals surface area contributed by atoms with Gasteiger partial charge in [-0.1, -0.05) is 80.1 Å². The number of ether oxygens (including phenoxy) is 1. The highest BCUT2D eigenvalue weighted by Gasteiger charge is 2.30. The van der Waals surface area contributed by atoms with Crippen LogP contribution in [0.4, 0.5) is 0 Å². The van der Waals surface area contributed by atoms with E-state index >= 15 is 0 Å². The van der Waals surface area contributed by atoms with E-state index in [4.69, 9.17) is 4.74 Å².